The number of carbonyl (C=O) groups is 1. The lowest BCUT2D eigenvalue weighted by molar-refractivity contribution is -0.132. The standard InChI is InChI=1S/C15H24N2O3/c1-12(15(18)16-8-9-17(2)3)20-11-13-6-5-7-14(10-13)19-4/h5-7,10,12H,8-9,11H2,1-4H3,(H,16,18)/t12-/m1/s1. The van der Waals surface area contributed by atoms with Crippen LogP contribution in [-0.4, -0.2) is 51.2 Å². The summed E-state index contributed by atoms with van der Waals surface area (Å²) in [6.45, 7) is 3.58. The first-order valence-electron chi connectivity index (χ1n) is 6.70. The van der Waals surface area contributed by atoms with Crippen molar-refractivity contribution in [2.24, 2.45) is 0 Å². The zero-order valence-electron chi connectivity index (χ0n) is 12.7. The number of amides is 1. The van der Waals surface area contributed by atoms with E-state index in [4.69, 9.17) is 9.47 Å². The van der Waals surface area contributed by atoms with Crippen LogP contribution >= 0.6 is 0 Å². The monoisotopic (exact) mass is 280 g/mol. The Kier molecular flexibility index (Phi) is 7.04. The third-order valence-electron chi connectivity index (χ3n) is 2.86. The van der Waals surface area contributed by atoms with E-state index in [9.17, 15) is 4.79 Å². The topological polar surface area (TPSA) is 50.8 Å². The Morgan fingerprint density at radius 3 is 2.80 bits per heavy atom. The van der Waals surface area contributed by atoms with E-state index in [2.05, 4.69) is 5.32 Å². The molecule has 0 radical (unpaired) electrons. The van der Waals surface area contributed by atoms with Crippen molar-refractivity contribution in [3.05, 3.63) is 29.8 Å². The number of hydrogen-bond donors (Lipinski definition) is 1. The molecular formula is C15H24N2O3. The second-order valence-electron chi connectivity index (χ2n) is 4.90. The summed E-state index contributed by atoms with van der Waals surface area (Å²) in [6.07, 6.45) is -0.469. The molecule has 20 heavy (non-hydrogen) atoms. The molecule has 0 spiro atoms. The van der Waals surface area contributed by atoms with Gasteiger partial charge in [-0.15, -0.1) is 0 Å². The van der Waals surface area contributed by atoms with Crippen LogP contribution in [0.15, 0.2) is 24.3 Å². The van der Waals surface area contributed by atoms with E-state index >= 15 is 0 Å². The molecule has 1 atom stereocenters. The number of hydrogen-bond acceptors (Lipinski definition) is 4. The number of nitrogens with zero attached hydrogens (tertiary/aromatic N) is 1. The molecule has 0 saturated heterocycles. The van der Waals surface area contributed by atoms with Gasteiger partial charge in [0.2, 0.25) is 5.91 Å². The second kappa shape index (κ2) is 8.55. The smallest absolute Gasteiger partial charge is 0.248 e. The van der Waals surface area contributed by atoms with Crippen LogP contribution in [0.5, 0.6) is 5.75 Å². The minimum Gasteiger partial charge on any atom is -0.497 e. The van der Waals surface area contributed by atoms with Crippen molar-refractivity contribution < 1.29 is 14.3 Å². The number of benzene rings is 1. The molecule has 1 aromatic rings. The minimum atomic E-state index is -0.469. The maximum Gasteiger partial charge on any atom is 0.248 e. The highest BCUT2D eigenvalue weighted by Crippen LogP contribution is 2.13. The van der Waals surface area contributed by atoms with Gasteiger partial charge in [0.25, 0.3) is 0 Å². The van der Waals surface area contributed by atoms with Gasteiger partial charge in [-0.1, -0.05) is 12.1 Å². The van der Waals surface area contributed by atoms with E-state index in [1.54, 1.807) is 14.0 Å². The average Bonchev–Trinajstić information content (AvgIpc) is 2.44. The molecule has 0 fully saturated rings. The van der Waals surface area contributed by atoms with Gasteiger partial charge in [0.1, 0.15) is 11.9 Å². The van der Waals surface area contributed by atoms with E-state index < -0.39 is 6.10 Å². The Morgan fingerprint density at radius 2 is 2.15 bits per heavy atom. The fourth-order valence-electron chi connectivity index (χ4n) is 1.61. The number of carbonyl (C=O) groups excluding carboxylic acids is 1. The highest BCUT2D eigenvalue weighted by Gasteiger charge is 2.12. The van der Waals surface area contributed by atoms with E-state index in [0.717, 1.165) is 17.9 Å². The molecule has 0 heterocycles. The zero-order chi connectivity index (χ0) is 15.0. The molecule has 0 aliphatic rings. The van der Waals surface area contributed by atoms with Crippen LogP contribution in [0, 0.1) is 0 Å². The van der Waals surface area contributed by atoms with Crippen molar-refractivity contribution in [3.8, 4) is 5.75 Å². The summed E-state index contributed by atoms with van der Waals surface area (Å²) in [5.74, 6) is 0.698. The summed E-state index contributed by atoms with van der Waals surface area (Å²) in [7, 11) is 5.56. The van der Waals surface area contributed by atoms with Gasteiger partial charge in [-0.25, -0.2) is 0 Å². The molecule has 0 bridgehead atoms. The number of likely N-dealkylation sites (N-methyl/N-ethyl adjacent to an activating group) is 1. The zero-order valence-corrected chi connectivity index (χ0v) is 12.7. The molecule has 5 heteroatoms. The fraction of sp³-hybridized carbons (Fsp3) is 0.533. The van der Waals surface area contributed by atoms with Crippen LogP contribution in [0.1, 0.15) is 12.5 Å². The van der Waals surface area contributed by atoms with E-state index in [1.165, 1.54) is 0 Å². The number of ether oxygens (including phenoxy) is 2. The predicted molar refractivity (Wildman–Crippen MR) is 78.8 cm³/mol. The lowest BCUT2D eigenvalue weighted by Gasteiger charge is -2.15. The molecule has 0 unspecified atom stereocenters. The number of nitrogens with one attached hydrogen (secondary N) is 1. The molecule has 5 nitrogen and oxygen atoms in total. The Hall–Kier alpha value is -1.59. The first-order valence-corrected chi connectivity index (χ1v) is 6.70. The Labute approximate surface area is 120 Å². The molecule has 0 saturated carbocycles. The van der Waals surface area contributed by atoms with Gasteiger partial charge in [0.15, 0.2) is 0 Å². The third kappa shape index (κ3) is 6.04. The van der Waals surface area contributed by atoms with E-state index in [1.807, 2.05) is 43.3 Å². The molecule has 0 aliphatic carbocycles. The molecule has 1 rings (SSSR count). The van der Waals surface area contributed by atoms with Crippen LogP contribution in [0.25, 0.3) is 0 Å². The molecule has 1 aromatic carbocycles. The van der Waals surface area contributed by atoms with Crippen LogP contribution in [0.3, 0.4) is 0 Å². The van der Waals surface area contributed by atoms with Gasteiger partial charge in [0.05, 0.1) is 13.7 Å². The summed E-state index contributed by atoms with van der Waals surface area (Å²) < 4.78 is 10.7. The lowest BCUT2D eigenvalue weighted by atomic mass is 10.2. The third-order valence-corrected chi connectivity index (χ3v) is 2.86. The predicted octanol–water partition coefficient (Wildman–Crippen LogP) is 1.28. The van der Waals surface area contributed by atoms with Crippen molar-refractivity contribution in [2.75, 3.05) is 34.3 Å². The van der Waals surface area contributed by atoms with Crippen LogP contribution in [-0.2, 0) is 16.1 Å². The minimum absolute atomic E-state index is 0.0882. The van der Waals surface area contributed by atoms with E-state index in [-0.39, 0.29) is 5.91 Å². The quantitative estimate of drug-likeness (QED) is 0.779. The average molecular weight is 280 g/mol. The summed E-state index contributed by atoms with van der Waals surface area (Å²) in [5, 5.41) is 2.84. The summed E-state index contributed by atoms with van der Waals surface area (Å²) in [4.78, 5) is 13.8. The van der Waals surface area contributed by atoms with Gasteiger partial charge < -0.3 is 19.7 Å². The van der Waals surface area contributed by atoms with Gasteiger partial charge in [0, 0.05) is 13.1 Å². The summed E-state index contributed by atoms with van der Waals surface area (Å²) in [6, 6.07) is 7.62. The van der Waals surface area contributed by atoms with Crippen molar-refractivity contribution in [3.63, 3.8) is 0 Å². The van der Waals surface area contributed by atoms with Crippen molar-refractivity contribution >= 4 is 5.91 Å². The fourth-order valence-corrected chi connectivity index (χ4v) is 1.61. The van der Waals surface area contributed by atoms with Crippen LogP contribution in [0.2, 0.25) is 0 Å². The first-order chi connectivity index (χ1) is 9.52. The SMILES string of the molecule is COc1cccc(CO[C@H](C)C(=O)NCCN(C)C)c1. The molecule has 0 aromatic heterocycles. The molecule has 1 amide bonds. The molecule has 0 aliphatic heterocycles. The normalized spacial score (nSPS) is 12.2. The summed E-state index contributed by atoms with van der Waals surface area (Å²) >= 11 is 0. The van der Waals surface area contributed by atoms with Gasteiger partial charge >= 0.3 is 0 Å². The summed E-state index contributed by atoms with van der Waals surface area (Å²) in [5.41, 5.74) is 0.984. The maximum atomic E-state index is 11.8. The van der Waals surface area contributed by atoms with Gasteiger partial charge in [-0.2, -0.15) is 0 Å². The van der Waals surface area contributed by atoms with Crippen LogP contribution in [0.4, 0.5) is 0 Å². The maximum absolute atomic E-state index is 11.8. The number of rotatable bonds is 8. The highest BCUT2D eigenvalue weighted by molar-refractivity contribution is 5.80. The number of methoxy groups -OCH3 is 1. The van der Waals surface area contributed by atoms with Gasteiger partial charge in [-0.3, -0.25) is 4.79 Å². The largest absolute Gasteiger partial charge is 0.497 e. The van der Waals surface area contributed by atoms with Crippen molar-refractivity contribution in [1.29, 1.82) is 0 Å². The molecule has 1 N–H and O–H groups in total. The lowest BCUT2D eigenvalue weighted by Crippen LogP contribution is -2.38. The first kappa shape index (κ1) is 16.5. The molecule has 112 valence electrons. The Balaban J connectivity index is 2.34. The van der Waals surface area contributed by atoms with Gasteiger partial charge in [-0.05, 0) is 38.7 Å². The molecular weight excluding hydrogens is 256 g/mol. The Morgan fingerprint density at radius 1 is 1.40 bits per heavy atom. The van der Waals surface area contributed by atoms with E-state index in [0.29, 0.717) is 13.2 Å². The van der Waals surface area contributed by atoms with Crippen molar-refractivity contribution in [2.45, 2.75) is 19.6 Å². The highest BCUT2D eigenvalue weighted by atomic mass is 16.5. The van der Waals surface area contributed by atoms with Crippen LogP contribution < -0.4 is 10.1 Å². The van der Waals surface area contributed by atoms with Crippen molar-refractivity contribution in [1.82, 2.24) is 10.2 Å². The second-order valence-corrected chi connectivity index (χ2v) is 4.90. The Bertz CT molecular complexity index is 421.